The summed E-state index contributed by atoms with van der Waals surface area (Å²) >= 11 is 0. The van der Waals surface area contributed by atoms with Crippen LogP contribution in [0.25, 0.3) is 16.7 Å². The number of allylic oxidation sites excluding steroid dienone is 4. The van der Waals surface area contributed by atoms with Crippen LogP contribution in [0.5, 0.6) is 0 Å². The number of hydrogen-bond donors (Lipinski definition) is 5. The lowest BCUT2D eigenvalue weighted by atomic mass is 10.0. The number of piperidine rings is 1. The van der Waals surface area contributed by atoms with E-state index in [1.165, 1.54) is 48.4 Å². The summed E-state index contributed by atoms with van der Waals surface area (Å²) in [6.45, 7) is 8.94. The molecule has 17 heteroatoms. The molecular weight excluding hydrogens is 842 g/mol. The van der Waals surface area contributed by atoms with E-state index in [0.29, 0.717) is 48.3 Å². The van der Waals surface area contributed by atoms with E-state index >= 15 is 0 Å². The van der Waals surface area contributed by atoms with Crippen LogP contribution in [0.15, 0.2) is 95.8 Å². The number of para-hydroxylation sites is 1. The van der Waals surface area contributed by atoms with Crippen molar-refractivity contribution in [2.45, 2.75) is 96.3 Å². The number of fused-ring (bicyclic) bond motifs is 2. The maximum absolute atomic E-state index is 13.2. The standard InChI is InChI=1S/C24H24FN7O3.C23H34N4O2.C2H6/c1-26-20-11-22(30-32-21(12-27-23(20)32)24(35)29-19-10-18(19)25)28-16(14-34)4-3-9-31(2)17-7-5-15(13-33)6-8-17;1-17-14-15-20(22(28)25-17)27-19-13-10-12-18(21(19)26(3)23(27)29)11-8-6-4-5-7-9-16-24-2;1-2/h3-9,11-14,18-19,26H,10H2,1-2H3,(H,28,30)(H,29,35);10,12-13,20,24H,1,4-9,11,14-16H2,2-3H3,(H,25,28);1-2H3/b9-3-,16-4+;;/t18-,19+;;/m0../s1. The van der Waals surface area contributed by atoms with Gasteiger partial charge in [-0.1, -0.05) is 58.2 Å². The Morgan fingerprint density at radius 1 is 1.03 bits per heavy atom. The van der Waals surface area contributed by atoms with Gasteiger partial charge >= 0.3 is 5.69 Å². The summed E-state index contributed by atoms with van der Waals surface area (Å²) in [4.78, 5) is 66.5. The highest BCUT2D eigenvalue weighted by Gasteiger charge is 2.39. The van der Waals surface area contributed by atoms with E-state index in [1.54, 1.807) is 52.7 Å². The van der Waals surface area contributed by atoms with Crippen molar-refractivity contribution in [1.82, 2.24) is 39.7 Å². The highest BCUT2D eigenvalue weighted by molar-refractivity contribution is 5.94. The van der Waals surface area contributed by atoms with Crippen LogP contribution >= 0.6 is 0 Å². The highest BCUT2D eigenvalue weighted by Crippen LogP contribution is 2.28. The normalized spacial score (nSPS) is 16.8. The summed E-state index contributed by atoms with van der Waals surface area (Å²) in [7, 11) is 7.34. The van der Waals surface area contributed by atoms with Gasteiger partial charge in [0.25, 0.3) is 5.91 Å². The number of halogens is 1. The fourth-order valence-electron chi connectivity index (χ4n) is 7.69. The van der Waals surface area contributed by atoms with Crippen molar-refractivity contribution >= 4 is 58.3 Å². The predicted octanol–water partition coefficient (Wildman–Crippen LogP) is 7.00. The van der Waals surface area contributed by atoms with Crippen LogP contribution in [0.3, 0.4) is 0 Å². The summed E-state index contributed by atoms with van der Waals surface area (Å²) in [6, 6.07) is 13.8. The van der Waals surface area contributed by atoms with Gasteiger partial charge in [-0.25, -0.2) is 18.7 Å². The summed E-state index contributed by atoms with van der Waals surface area (Å²) in [5.74, 6) is -0.319. The zero-order valence-corrected chi connectivity index (χ0v) is 38.9. The molecule has 0 bridgehead atoms. The highest BCUT2D eigenvalue weighted by atomic mass is 19.1. The molecule has 0 radical (unpaired) electrons. The number of anilines is 3. The van der Waals surface area contributed by atoms with E-state index in [-0.39, 0.29) is 23.0 Å². The van der Waals surface area contributed by atoms with Crippen molar-refractivity contribution in [3.8, 4) is 0 Å². The van der Waals surface area contributed by atoms with Crippen molar-refractivity contribution in [1.29, 1.82) is 0 Å². The summed E-state index contributed by atoms with van der Waals surface area (Å²) in [5, 5.41) is 18.9. The minimum absolute atomic E-state index is 0.121. The van der Waals surface area contributed by atoms with Crippen LogP contribution in [-0.2, 0) is 23.1 Å². The predicted molar refractivity (Wildman–Crippen MR) is 260 cm³/mol. The first-order valence-electron chi connectivity index (χ1n) is 22.7. The molecule has 352 valence electrons. The van der Waals surface area contributed by atoms with Crippen LogP contribution in [0, 0.1) is 0 Å². The van der Waals surface area contributed by atoms with E-state index in [2.05, 4.69) is 49.3 Å². The number of aromatic nitrogens is 5. The number of imidazole rings is 2. The maximum atomic E-state index is 13.2. The molecule has 66 heavy (non-hydrogen) atoms. The summed E-state index contributed by atoms with van der Waals surface area (Å²) in [6.07, 6.45) is 16.7. The molecule has 2 aromatic carbocycles. The molecule has 3 aromatic heterocycles. The number of aldehydes is 2. The van der Waals surface area contributed by atoms with Crippen molar-refractivity contribution in [2.24, 2.45) is 7.05 Å². The second-order valence-electron chi connectivity index (χ2n) is 16.0. The van der Waals surface area contributed by atoms with Gasteiger partial charge in [0.05, 0.1) is 34.7 Å². The lowest BCUT2D eigenvalue weighted by Gasteiger charge is -2.24. The number of amides is 2. The zero-order valence-electron chi connectivity index (χ0n) is 38.9. The molecule has 5 N–H and O–H groups in total. The topological polar surface area (TPSA) is 189 Å². The fourth-order valence-corrected chi connectivity index (χ4v) is 7.69. The molecule has 4 heterocycles. The first-order valence-corrected chi connectivity index (χ1v) is 22.7. The van der Waals surface area contributed by atoms with Gasteiger partial charge in [-0.2, -0.15) is 0 Å². The maximum Gasteiger partial charge on any atom is 0.329 e. The molecule has 1 aliphatic heterocycles. The van der Waals surface area contributed by atoms with Crippen LogP contribution < -0.4 is 37.2 Å². The first kappa shape index (κ1) is 50.1. The number of carbonyl (C=O) groups is 4. The number of unbranched alkanes of at least 4 members (excludes halogenated alkanes) is 5. The molecule has 0 spiro atoms. The molecule has 2 aliphatic rings. The second kappa shape index (κ2) is 24.4. The Balaban J connectivity index is 0.000000243. The molecule has 7 rings (SSSR count). The van der Waals surface area contributed by atoms with Gasteiger partial charge in [0.1, 0.15) is 18.5 Å². The third kappa shape index (κ3) is 12.7. The van der Waals surface area contributed by atoms with Crippen LogP contribution in [0.1, 0.15) is 104 Å². The van der Waals surface area contributed by atoms with Gasteiger partial charge in [-0.15, -0.1) is 5.10 Å². The van der Waals surface area contributed by atoms with Crippen LogP contribution in [-0.4, -0.2) is 88.0 Å². The molecule has 5 aromatic rings. The third-order valence-corrected chi connectivity index (χ3v) is 11.4. The second-order valence-corrected chi connectivity index (χ2v) is 16.0. The molecule has 1 aliphatic carbocycles. The fraction of sp³-hybridized carbons (Fsp3) is 0.408. The molecule has 1 saturated carbocycles. The van der Waals surface area contributed by atoms with Gasteiger partial charge in [0.15, 0.2) is 23.4 Å². The van der Waals surface area contributed by atoms with E-state index in [4.69, 9.17) is 0 Å². The van der Waals surface area contributed by atoms with E-state index in [0.717, 1.165) is 48.1 Å². The lowest BCUT2D eigenvalue weighted by molar-refractivity contribution is -0.124. The largest absolute Gasteiger partial charge is 0.385 e. The number of carbonyl (C=O) groups excluding carboxylic acids is 4. The van der Waals surface area contributed by atoms with E-state index in [9.17, 15) is 28.4 Å². The Morgan fingerprint density at radius 2 is 1.74 bits per heavy atom. The van der Waals surface area contributed by atoms with Gasteiger partial charge in [0, 0.05) is 56.8 Å². The quantitative estimate of drug-likeness (QED) is 0.0234. The van der Waals surface area contributed by atoms with Crippen molar-refractivity contribution in [2.75, 3.05) is 43.2 Å². The van der Waals surface area contributed by atoms with Crippen molar-refractivity contribution in [3.05, 3.63) is 118 Å². The summed E-state index contributed by atoms with van der Waals surface area (Å²) in [5.41, 5.74) is 6.43. The number of nitrogens with zero attached hydrogens (tertiary/aromatic N) is 6. The average molecular weight is 906 g/mol. The van der Waals surface area contributed by atoms with Crippen LogP contribution in [0.4, 0.5) is 21.6 Å². The van der Waals surface area contributed by atoms with Gasteiger partial charge in [-0.05, 0) is 93.7 Å². The smallest absolute Gasteiger partial charge is 0.329 e. The lowest BCUT2D eigenvalue weighted by Crippen LogP contribution is -2.40. The Bertz CT molecular complexity index is 2590. The van der Waals surface area contributed by atoms with Gasteiger partial charge in [-0.3, -0.25) is 28.3 Å². The molecule has 1 saturated heterocycles. The Labute approximate surface area is 385 Å². The Hall–Kier alpha value is -6.88. The number of alkyl halides is 1. The number of aryl methyl sites for hydroxylation is 2. The minimum Gasteiger partial charge on any atom is -0.385 e. The summed E-state index contributed by atoms with van der Waals surface area (Å²) < 4.78 is 17.9. The molecule has 3 atom stereocenters. The SMILES string of the molecule is C=C1CCC(n2c(=O)n(C)c3c(CCCCCCCCNC)cccc32)C(=O)N1.CC.CNc1cc(N/C(C=O)=C/C=C\N(C)c2ccc(C=O)cc2)nn2c(C(=O)N[C@@H]3C[C@@H]3F)cnc12. The van der Waals surface area contributed by atoms with E-state index < -0.39 is 24.2 Å². The number of rotatable bonds is 20. The molecule has 2 fully saturated rings. The molecule has 2 amide bonds. The molecular formula is C49H64FN11O5. The first-order chi connectivity index (χ1) is 32.0. The van der Waals surface area contributed by atoms with E-state index in [1.807, 2.05) is 64.2 Å². The molecule has 16 nitrogen and oxygen atoms in total. The Kier molecular flexibility index (Phi) is 18.5. The van der Waals surface area contributed by atoms with Gasteiger partial charge < -0.3 is 31.5 Å². The monoisotopic (exact) mass is 906 g/mol. The minimum atomic E-state index is -1.03. The zero-order chi connectivity index (χ0) is 47.8. The number of nitrogens with one attached hydrogen (secondary N) is 5. The molecule has 1 unspecified atom stereocenters. The third-order valence-electron chi connectivity index (χ3n) is 11.4. The van der Waals surface area contributed by atoms with Gasteiger partial charge in [0.2, 0.25) is 5.91 Å². The van der Waals surface area contributed by atoms with Crippen molar-refractivity contribution in [3.63, 3.8) is 0 Å². The van der Waals surface area contributed by atoms with Crippen LogP contribution in [0.2, 0.25) is 0 Å². The number of hydrogen-bond acceptors (Lipinski definition) is 11. The van der Waals surface area contributed by atoms with Crippen molar-refractivity contribution < 1.29 is 23.6 Å². The Morgan fingerprint density at radius 3 is 2.39 bits per heavy atom. The number of benzene rings is 2. The average Bonchev–Trinajstić information content (AvgIpc) is 3.73.